The van der Waals surface area contributed by atoms with E-state index in [1.165, 1.54) is 18.2 Å². The Hall–Kier alpha value is -3.46. The van der Waals surface area contributed by atoms with Crippen molar-refractivity contribution in [3.63, 3.8) is 0 Å². The summed E-state index contributed by atoms with van der Waals surface area (Å²) in [5.41, 5.74) is 1.80. The SMILES string of the molecule is Cl.O=C(CC1(c2ccccc2)C(=O)Oc2ccc(F)cc21)N1CCN(Cc2ccc3c(c2)OOC3)CC1. The van der Waals surface area contributed by atoms with Crippen LogP contribution in [0.1, 0.15) is 28.7 Å². The monoisotopic (exact) mass is 524 g/mol. The van der Waals surface area contributed by atoms with Gasteiger partial charge in [0, 0.05) is 43.9 Å². The van der Waals surface area contributed by atoms with Crippen LogP contribution in [0.25, 0.3) is 0 Å². The van der Waals surface area contributed by atoms with Crippen LogP contribution in [0.5, 0.6) is 11.5 Å². The van der Waals surface area contributed by atoms with Gasteiger partial charge in [0.05, 0.1) is 6.42 Å². The summed E-state index contributed by atoms with van der Waals surface area (Å²) in [6.07, 6.45) is -0.117. The highest BCUT2D eigenvalue weighted by Crippen LogP contribution is 2.47. The van der Waals surface area contributed by atoms with Gasteiger partial charge in [-0.25, -0.2) is 4.39 Å². The molecule has 1 saturated heterocycles. The van der Waals surface area contributed by atoms with E-state index < -0.39 is 17.2 Å². The van der Waals surface area contributed by atoms with Gasteiger partial charge in [0.25, 0.3) is 0 Å². The highest BCUT2D eigenvalue weighted by molar-refractivity contribution is 5.98. The van der Waals surface area contributed by atoms with Gasteiger partial charge in [0.2, 0.25) is 5.91 Å². The molecule has 6 rings (SSSR count). The second kappa shape index (κ2) is 10.1. The lowest BCUT2D eigenvalue weighted by molar-refractivity contribution is -0.194. The summed E-state index contributed by atoms with van der Waals surface area (Å²) in [7, 11) is 0. The topological polar surface area (TPSA) is 68.3 Å². The number of hydrogen-bond acceptors (Lipinski definition) is 6. The summed E-state index contributed by atoms with van der Waals surface area (Å²) >= 11 is 0. The second-order valence-corrected chi connectivity index (χ2v) is 9.42. The van der Waals surface area contributed by atoms with Gasteiger partial charge in [-0.05, 0) is 35.4 Å². The molecule has 1 fully saturated rings. The maximum Gasteiger partial charge on any atom is 0.327 e. The molecule has 3 aliphatic heterocycles. The van der Waals surface area contributed by atoms with Crippen LogP contribution in [-0.2, 0) is 33.0 Å². The van der Waals surface area contributed by atoms with E-state index in [1.807, 2.05) is 18.2 Å². The van der Waals surface area contributed by atoms with E-state index >= 15 is 0 Å². The molecule has 0 saturated carbocycles. The van der Waals surface area contributed by atoms with Crippen LogP contribution in [-0.4, -0.2) is 47.9 Å². The average molecular weight is 525 g/mol. The van der Waals surface area contributed by atoms with Crippen molar-refractivity contribution in [1.82, 2.24) is 9.80 Å². The predicted octanol–water partition coefficient (Wildman–Crippen LogP) is 4.01. The lowest BCUT2D eigenvalue weighted by Gasteiger charge is -2.36. The van der Waals surface area contributed by atoms with Gasteiger partial charge in [0.1, 0.15) is 23.6 Å². The van der Waals surface area contributed by atoms with Gasteiger partial charge < -0.3 is 14.5 Å². The van der Waals surface area contributed by atoms with Crippen molar-refractivity contribution in [2.24, 2.45) is 0 Å². The Kier molecular flexibility index (Phi) is 6.90. The molecule has 0 radical (unpaired) electrons. The highest BCUT2D eigenvalue weighted by Gasteiger charge is 2.52. The molecule has 3 heterocycles. The van der Waals surface area contributed by atoms with Crippen LogP contribution in [0.15, 0.2) is 66.7 Å². The van der Waals surface area contributed by atoms with E-state index in [1.54, 1.807) is 29.2 Å². The lowest BCUT2D eigenvalue weighted by Crippen LogP contribution is -2.50. The number of nitrogens with zero attached hydrogens (tertiary/aromatic N) is 2. The van der Waals surface area contributed by atoms with E-state index in [2.05, 4.69) is 11.0 Å². The zero-order chi connectivity index (χ0) is 24.7. The van der Waals surface area contributed by atoms with Crippen LogP contribution < -0.4 is 9.62 Å². The first-order chi connectivity index (χ1) is 17.5. The standard InChI is InChI=1S/C28H25FN2O5.ClH/c29-22-8-9-24-23(15-22)28(27(33)35-24,21-4-2-1-3-5-21)16-26(32)31-12-10-30(11-13-31)17-19-6-7-20-18-34-36-25(20)14-19;/h1-9,14-15H,10-13,16-18H2;1H. The summed E-state index contributed by atoms with van der Waals surface area (Å²) in [5.74, 6) is -0.129. The predicted molar refractivity (Wildman–Crippen MR) is 135 cm³/mol. The molecule has 192 valence electrons. The average Bonchev–Trinajstić information content (AvgIpc) is 3.47. The molecule has 0 spiro atoms. The maximum absolute atomic E-state index is 14.3. The number of hydrogen-bond donors (Lipinski definition) is 0. The Bertz CT molecular complexity index is 1330. The number of benzene rings is 3. The molecule has 0 aliphatic carbocycles. The first-order valence-corrected chi connectivity index (χ1v) is 12.0. The summed E-state index contributed by atoms with van der Waals surface area (Å²) in [4.78, 5) is 41.1. The Morgan fingerprint density at radius 2 is 1.73 bits per heavy atom. The first kappa shape index (κ1) is 25.2. The van der Waals surface area contributed by atoms with E-state index in [4.69, 9.17) is 14.5 Å². The number of amides is 1. The fourth-order valence-corrected chi connectivity index (χ4v) is 5.29. The van der Waals surface area contributed by atoms with Crippen LogP contribution in [0, 0.1) is 5.82 Å². The number of esters is 1. The van der Waals surface area contributed by atoms with Crippen LogP contribution >= 0.6 is 12.4 Å². The van der Waals surface area contributed by atoms with Gasteiger partial charge in [-0.15, -0.1) is 12.4 Å². The highest BCUT2D eigenvalue weighted by atomic mass is 35.5. The normalized spacial score (nSPS) is 20.5. The number of carbonyl (C=O) groups excluding carboxylic acids is 2. The molecule has 0 bridgehead atoms. The van der Waals surface area contributed by atoms with Crippen molar-refractivity contribution >= 4 is 24.3 Å². The fraction of sp³-hybridized carbons (Fsp3) is 0.286. The third-order valence-electron chi connectivity index (χ3n) is 7.26. The maximum atomic E-state index is 14.3. The molecule has 0 N–H and O–H groups in total. The largest absolute Gasteiger partial charge is 0.425 e. The lowest BCUT2D eigenvalue weighted by atomic mass is 9.72. The summed E-state index contributed by atoms with van der Waals surface area (Å²) in [5, 5.41) is 0. The minimum atomic E-state index is -1.38. The molecule has 3 aromatic carbocycles. The molecule has 9 heteroatoms. The molecule has 3 aliphatic rings. The summed E-state index contributed by atoms with van der Waals surface area (Å²) in [6, 6.07) is 19.1. The number of fused-ring (bicyclic) bond motifs is 2. The molecular weight excluding hydrogens is 499 g/mol. The van der Waals surface area contributed by atoms with Crippen molar-refractivity contribution < 1.29 is 28.5 Å². The Labute approximate surface area is 220 Å². The van der Waals surface area contributed by atoms with Gasteiger partial charge in [-0.3, -0.25) is 14.5 Å². The third-order valence-corrected chi connectivity index (χ3v) is 7.26. The first-order valence-electron chi connectivity index (χ1n) is 12.0. The third kappa shape index (κ3) is 4.56. The zero-order valence-corrected chi connectivity index (χ0v) is 20.8. The number of carbonyl (C=O) groups is 2. The minimum absolute atomic E-state index is 0. The van der Waals surface area contributed by atoms with Crippen molar-refractivity contribution in [2.75, 3.05) is 26.2 Å². The van der Waals surface area contributed by atoms with Crippen molar-refractivity contribution in [3.05, 3.63) is 94.8 Å². The summed E-state index contributed by atoms with van der Waals surface area (Å²) in [6.45, 7) is 3.69. The molecule has 7 nitrogen and oxygen atoms in total. The van der Waals surface area contributed by atoms with E-state index in [9.17, 15) is 14.0 Å². The molecule has 1 atom stereocenters. The van der Waals surface area contributed by atoms with Crippen molar-refractivity contribution in [2.45, 2.75) is 25.0 Å². The van der Waals surface area contributed by atoms with Crippen LogP contribution in [0.4, 0.5) is 4.39 Å². The molecule has 37 heavy (non-hydrogen) atoms. The molecule has 3 aromatic rings. The van der Waals surface area contributed by atoms with Crippen molar-refractivity contribution in [1.29, 1.82) is 0 Å². The van der Waals surface area contributed by atoms with Gasteiger partial charge in [-0.1, -0.05) is 42.5 Å². The van der Waals surface area contributed by atoms with Crippen molar-refractivity contribution in [3.8, 4) is 11.5 Å². The number of rotatable bonds is 5. The number of piperazine rings is 1. The van der Waals surface area contributed by atoms with Crippen LogP contribution in [0.2, 0.25) is 0 Å². The summed E-state index contributed by atoms with van der Waals surface area (Å²) < 4.78 is 19.8. The second-order valence-electron chi connectivity index (χ2n) is 9.42. The Morgan fingerprint density at radius 3 is 2.51 bits per heavy atom. The zero-order valence-electron chi connectivity index (χ0n) is 20.0. The number of ether oxygens (including phenoxy) is 1. The molecular formula is C28H26ClFN2O5. The Morgan fingerprint density at radius 1 is 0.946 bits per heavy atom. The van der Waals surface area contributed by atoms with Gasteiger partial charge >= 0.3 is 5.97 Å². The van der Waals surface area contributed by atoms with Gasteiger partial charge in [-0.2, -0.15) is 4.89 Å². The molecule has 1 unspecified atom stereocenters. The van der Waals surface area contributed by atoms with E-state index in [0.717, 1.165) is 23.4 Å². The smallest absolute Gasteiger partial charge is 0.327 e. The van der Waals surface area contributed by atoms with E-state index in [-0.39, 0.29) is 24.7 Å². The minimum Gasteiger partial charge on any atom is -0.425 e. The molecule has 1 amide bonds. The molecule has 0 aromatic heterocycles. The number of halogens is 2. The fourth-order valence-electron chi connectivity index (χ4n) is 5.29. The quantitative estimate of drug-likeness (QED) is 0.285. The Balaban J connectivity index is 0.00000280. The van der Waals surface area contributed by atoms with Gasteiger partial charge in [0.15, 0.2) is 5.75 Å². The van der Waals surface area contributed by atoms with Crippen LogP contribution in [0.3, 0.4) is 0 Å². The van der Waals surface area contributed by atoms with E-state index in [0.29, 0.717) is 49.7 Å².